The smallest absolute Gasteiger partial charge is 0.244 e. The van der Waals surface area contributed by atoms with Gasteiger partial charge in [-0.25, -0.2) is 13.5 Å². The maximum atomic E-state index is 11.6. The lowest BCUT2D eigenvalue weighted by Crippen LogP contribution is -2.10. The van der Waals surface area contributed by atoms with Crippen molar-refractivity contribution in [3.05, 3.63) is 0 Å². The summed E-state index contributed by atoms with van der Waals surface area (Å²) in [6, 6.07) is 0. The van der Waals surface area contributed by atoms with Gasteiger partial charge in [0.1, 0.15) is 0 Å². The van der Waals surface area contributed by atoms with Gasteiger partial charge in [-0.05, 0) is 12.3 Å². The van der Waals surface area contributed by atoms with Crippen LogP contribution in [0.5, 0.6) is 0 Å². The molecule has 0 aromatic carbocycles. The third-order valence-electron chi connectivity index (χ3n) is 1.74. The molecule has 0 atom stereocenters. The molecule has 6 nitrogen and oxygen atoms in total. The van der Waals surface area contributed by atoms with Crippen molar-refractivity contribution >= 4 is 15.8 Å². The van der Waals surface area contributed by atoms with Crippen LogP contribution in [0.15, 0.2) is 5.16 Å². The highest BCUT2D eigenvalue weighted by molar-refractivity contribution is 7.91. The molecule has 14 heavy (non-hydrogen) atoms. The Labute approximate surface area is 82.8 Å². The molecular formula is C7H14N4O2S. The first kappa shape index (κ1) is 11.0. The van der Waals surface area contributed by atoms with Gasteiger partial charge in [-0.15, -0.1) is 5.10 Å². The van der Waals surface area contributed by atoms with Crippen molar-refractivity contribution in [3.63, 3.8) is 0 Å². The Bertz CT molecular complexity index is 396. The number of aromatic nitrogens is 3. The van der Waals surface area contributed by atoms with Gasteiger partial charge in [0.05, 0.1) is 5.75 Å². The van der Waals surface area contributed by atoms with Crippen molar-refractivity contribution < 1.29 is 8.42 Å². The molecule has 0 bridgehead atoms. The van der Waals surface area contributed by atoms with Crippen LogP contribution in [0, 0.1) is 5.92 Å². The average Bonchev–Trinajstić information content (AvgIpc) is 2.49. The van der Waals surface area contributed by atoms with E-state index in [0.717, 1.165) is 0 Å². The molecule has 1 aromatic heterocycles. The molecule has 1 rings (SSSR count). The Morgan fingerprint density at radius 1 is 1.50 bits per heavy atom. The summed E-state index contributed by atoms with van der Waals surface area (Å²) in [6.45, 7) is 3.93. The Morgan fingerprint density at radius 2 is 2.14 bits per heavy atom. The van der Waals surface area contributed by atoms with Gasteiger partial charge in [-0.1, -0.05) is 13.8 Å². The van der Waals surface area contributed by atoms with Gasteiger partial charge in [0.25, 0.3) is 0 Å². The van der Waals surface area contributed by atoms with E-state index in [9.17, 15) is 8.42 Å². The van der Waals surface area contributed by atoms with Crippen molar-refractivity contribution in [3.8, 4) is 0 Å². The summed E-state index contributed by atoms with van der Waals surface area (Å²) in [5.41, 5.74) is 5.21. The van der Waals surface area contributed by atoms with Gasteiger partial charge in [-0.2, -0.15) is 4.98 Å². The summed E-state index contributed by atoms with van der Waals surface area (Å²) in [6.07, 6.45) is 0.600. The van der Waals surface area contributed by atoms with Crippen LogP contribution >= 0.6 is 0 Å². The van der Waals surface area contributed by atoms with Crippen molar-refractivity contribution in [2.75, 3.05) is 11.5 Å². The highest BCUT2D eigenvalue weighted by Crippen LogP contribution is 2.10. The third-order valence-corrected chi connectivity index (χ3v) is 3.29. The van der Waals surface area contributed by atoms with E-state index in [-0.39, 0.29) is 16.9 Å². The summed E-state index contributed by atoms with van der Waals surface area (Å²) < 4.78 is 23.1. The molecule has 0 amide bonds. The second kappa shape index (κ2) is 3.95. The van der Waals surface area contributed by atoms with Crippen LogP contribution in [-0.4, -0.2) is 29.4 Å². The van der Waals surface area contributed by atoms with E-state index < -0.39 is 9.84 Å². The van der Waals surface area contributed by atoms with Crippen LogP contribution < -0.4 is 5.73 Å². The van der Waals surface area contributed by atoms with Crippen LogP contribution in [0.3, 0.4) is 0 Å². The van der Waals surface area contributed by atoms with E-state index in [1.807, 2.05) is 13.8 Å². The SMILES string of the molecule is CC(C)CCS(=O)(=O)c1nc(N)n[nH]1. The molecule has 0 radical (unpaired) electrons. The first-order valence-corrected chi connectivity index (χ1v) is 5.97. The number of nitrogen functional groups attached to an aromatic ring is 1. The fraction of sp³-hybridized carbons (Fsp3) is 0.714. The second-order valence-electron chi connectivity index (χ2n) is 3.50. The number of nitrogens with one attached hydrogen (secondary N) is 1. The van der Waals surface area contributed by atoms with Crippen LogP contribution in [0.1, 0.15) is 20.3 Å². The highest BCUT2D eigenvalue weighted by Gasteiger charge is 2.18. The normalized spacial score (nSPS) is 12.2. The fourth-order valence-corrected chi connectivity index (χ4v) is 2.28. The molecule has 0 saturated carbocycles. The van der Waals surface area contributed by atoms with Crippen molar-refractivity contribution in [1.29, 1.82) is 0 Å². The predicted octanol–water partition coefficient (Wildman–Crippen LogP) is 0.207. The largest absolute Gasteiger partial charge is 0.366 e. The molecule has 0 aliphatic heterocycles. The van der Waals surface area contributed by atoms with Crippen LogP contribution in [-0.2, 0) is 9.84 Å². The number of H-pyrrole nitrogens is 1. The van der Waals surface area contributed by atoms with E-state index in [2.05, 4.69) is 15.2 Å². The Kier molecular flexibility index (Phi) is 3.10. The zero-order chi connectivity index (χ0) is 10.8. The lowest BCUT2D eigenvalue weighted by molar-refractivity contribution is 0.567. The molecule has 7 heteroatoms. The monoisotopic (exact) mass is 218 g/mol. The maximum Gasteiger partial charge on any atom is 0.244 e. The lowest BCUT2D eigenvalue weighted by atomic mass is 10.2. The van der Waals surface area contributed by atoms with Gasteiger partial charge >= 0.3 is 0 Å². The quantitative estimate of drug-likeness (QED) is 0.752. The minimum absolute atomic E-state index is 0.0480. The number of hydrogen-bond donors (Lipinski definition) is 2. The number of rotatable bonds is 4. The van der Waals surface area contributed by atoms with E-state index in [1.165, 1.54) is 0 Å². The van der Waals surface area contributed by atoms with Gasteiger partial charge < -0.3 is 5.73 Å². The van der Waals surface area contributed by atoms with Gasteiger partial charge in [0, 0.05) is 0 Å². The number of anilines is 1. The summed E-state index contributed by atoms with van der Waals surface area (Å²) in [4.78, 5) is 3.58. The number of nitrogens with two attached hydrogens (primary N) is 1. The molecule has 0 fully saturated rings. The van der Waals surface area contributed by atoms with E-state index in [4.69, 9.17) is 5.73 Å². The zero-order valence-electron chi connectivity index (χ0n) is 8.19. The molecule has 1 aromatic rings. The summed E-state index contributed by atoms with van der Waals surface area (Å²) in [7, 11) is -3.34. The van der Waals surface area contributed by atoms with Crippen LogP contribution in [0.2, 0.25) is 0 Å². The Hall–Kier alpha value is -1.11. The van der Waals surface area contributed by atoms with Crippen LogP contribution in [0.4, 0.5) is 5.95 Å². The minimum atomic E-state index is -3.34. The molecular weight excluding hydrogens is 204 g/mol. The zero-order valence-corrected chi connectivity index (χ0v) is 9.00. The molecule has 0 spiro atoms. The molecule has 3 N–H and O–H groups in total. The number of sulfone groups is 1. The summed E-state index contributed by atoms with van der Waals surface area (Å²) >= 11 is 0. The van der Waals surface area contributed by atoms with Crippen molar-refractivity contribution in [2.24, 2.45) is 5.92 Å². The Balaban J connectivity index is 2.76. The molecule has 0 unspecified atom stereocenters. The maximum absolute atomic E-state index is 11.6. The molecule has 80 valence electrons. The van der Waals surface area contributed by atoms with E-state index in [1.54, 1.807) is 0 Å². The standard InChI is InChI=1S/C7H14N4O2S/c1-5(2)3-4-14(12,13)7-9-6(8)10-11-7/h5H,3-4H2,1-2H3,(H3,8,9,10,11). The van der Waals surface area contributed by atoms with Crippen molar-refractivity contribution in [1.82, 2.24) is 15.2 Å². The topological polar surface area (TPSA) is 102 Å². The highest BCUT2D eigenvalue weighted by atomic mass is 32.2. The lowest BCUT2D eigenvalue weighted by Gasteiger charge is -2.02. The molecule has 0 aliphatic carbocycles. The van der Waals surface area contributed by atoms with E-state index >= 15 is 0 Å². The van der Waals surface area contributed by atoms with Gasteiger partial charge in [0.15, 0.2) is 0 Å². The molecule has 1 heterocycles. The molecule has 0 aliphatic rings. The van der Waals surface area contributed by atoms with Crippen LogP contribution in [0.25, 0.3) is 0 Å². The van der Waals surface area contributed by atoms with E-state index in [0.29, 0.717) is 12.3 Å². The third kappa shape index (κ3) is 2.69. The summed E-state index contributed by atoms with van der Waals surface area (Å²) in [5.74, 6) is 0.359. The number of nitrogens with zero attached hydrogens (tertiary/aromatic N) is 2. The van der Waals surface area contributed by atoms with Crippen molar-refractivity contribution in [2.45, 2.75) is 25.4 Å². The van der Waals surface area contributed by atoms with Gasteiger partial charge in [-0.3, -0.25) is 0 Å². The average molecular weight is 218 g/mol. The molecule has 0 saturated heterocycles. The first-order valence-electron chi connectivity index (χ1n) is 4.32. The minimum Gasteiger partial charge on any atom is -0.366 e. The summed E-state index contributed by atoms with van der Waals surface area (Å²) in [5, 5.41) is 5.62. The number of hydrogen-bond acceptors (Lipinski definition) is 5. The second-order valence-corrected chi connectivity index (χ2v) is 5.52. The first-order chi connectivity index (χ1) is 6.42. The Morgan fingerprint density at radius 3 is 2.57 bits per heavy atom. The van der Waals surface area contributed by atoms with Gasteiger partial charge in [0.2, 0.25) is 20.9 Å². The fourth-order valence-electron chi connectivity index (χ4n) is 0.886. The number of aromatic amines is 1. The predicted molar refractivity (Wildman–Crippen MR) is 52.3 cm³/mol.